The van der Waals surface area contributed by atoms with Crippen LogP contribution in [-0.2, 0) is 16.0 Å². The maximum absolute atomic E-state index is 12.2. The SMILES string of the molecule is C=C/C=C/O.NCCC(Nc1ccc(CC(NC(=O)C2CCCN2)C(=O)O)cc1)=C1CCC1. The van der Waals surface area contributed by atoms with Crippen molar-refractivity contribution in [3.63, 3.8) is 0 Å². The molecule has 2 fully saturated rings. The van der Waals surface area contributed by atoms with Gasteiger partial charge in [-0.15, -0.1) is 0 Å². The maximum atomic E-state index is 12.2. The molecule has 1 saturated heterocycles. The molecule has 1 aromatic carbocycles. The van der Waals surface area contributed by atoms with Gasteiger partial charge < -0.3 is 31.9 Å². The average Bonchev–Trinajstić information content (AvgIpc) is 3.29. The van der Waals surface area contributed by atoms with Crippen molar-refractivity contribution in [2.75, 3.05) is 18.4 Å². The van der Waals surface area contributed by atoms with Crippen LogP contribution >= 0.6 is 0 Å². The van der Waals surface area contributed by atoms with Gasteiger partial charge in [-0.1, -0.05) is 30.4 Å². The van der Waals surface area contributed by atoms with Crippen molar-refractivity contribution >= 4 is 17.6 Å². The normalized spacial score (nSPS) is 18.0. The fourth-order valence-electron chi connectivity index (χ4n) is 3.70. The monoisotopic (exact) mass is 456 g/mol. The van der Waals surface area contributed by atoms with Crippen LogP contribution in [0.5, 0.6) is 0 Å². The Balaban J connectivity index is 0.000000696. The Morgan fingerprint density at radius 3 is 2.42 bits per heavy atom. The molecule has 7 N–H and O–H groups in total. The zero-order chi connectivity index (χ0) is 24.1. The van der Waals surface area contributed by atoms with E-state index in [2.05, 4.69) is 22.5 Å². The van der Waals surface area contributed by atoms with E-state index in [-0.39, 0.29) is 18.4 Å². The summed E-state index contributed by atoms with van der Waals surface area (Å²) in [5.74, 6) is -1.25. The van der Waals surface area contributed by atoms with E-state index in [0.717, 1.165) is 56.2 Å². The third-order valence-electron chi connectivity index (χ3n) is 5.68. The molecule has 1 aliphatic heterocycles. The summed E-state index contributed by atoms with van der Waals surface area (Å²) in [6.45, 7) is 4.71. The number of carbonyl (C=O) groups excluding carboxylic acids is 1. The van der Waals surface area contributed by atoms with Crippen molar-refractivity contribution in [3.8, 4) is 0 Å². The molecule has 1 heterocycles. The summed E-state index contributed by atoms with van der Waals surface area (Å²) in [6, 6.07) is 6.50. The maximum Gasteiger partial charge on any atom is 0.326 e. The fraction of sp³-hybridized carbons (Fsp3) is 0.440. The number of allylic oxidation sites excluding steroid dienone is 3. The molecule has 1 aliphatic carbocycles. The minimum atomic E-state index is -1.02. The number of carboxylic acids is 1. The summed E-state index contributed by atoms with van der Waals surface area (Å²) in [5.41, 5.74) is 10.2. The highest BCUT2D eigenvalue weighted by atomic mass is 16.4. The number of aliphatic carboxylic acids is 1. The Morgan fingerprint density at radius 1 is 1.24 bits per heavy atom. The van der Waals surface area contributed by atoms with Crippen molar-refractivity contribution in [1.29, 1.82) is 0 Å². The quantitative estimate of drug-likeness (QED) is 0.235. The van der Waals surface area contributed by atoms with E-state index in [1.165, 1.54) is 29.8 Å². The second-order valence-corrected chi connectivity index (χ2v) is 8.13. The van der Waals surface area contributed by atoms with Gasteiger partial charge in [0.25, 0.3) is 0 Å². The minimum Gasteiger partial charge on any atom is -0.516 e. The second-order valence-electron chi connectivity index (χ2n) is 8.13. The van der Waals surface area contributed by atoms with Crippen LogP contribution in [0.15, 0.2) is 60.5 Å². The fourth-order valence-corrected chi connectivity index (χ4v) is 3.70. The van der Waals surface area contributed by atoms with Crippen LogP contribution in [0.4, 0.5) is 5.69 Å². The number of anilines is 1. The van der Waals surface area contributed by atoms with Gasteiger partial charge in [-0.05, 0) is 75.4 Å². The Hall–Kier alpha value is -3.10. The average molecular weight is 457 g/mol. The number of aliphatic hydroxyl groups excluding tert-OH is 1. The standard InChI is InChI=1S/C21H30N4O3.C4H6O/c22-11-10-17(15-3-1-4-15)24-16-8-6-14(7-9-16)13-19(21(27)28)25-20(26)18-5-2-12-23-18;1-2-3-4-5/h6-9,18-19,23-24H,1-5,10-13,22H2,(H,25,26)(H,27,28);2-5H,1H2/b;4-3+. The molecule has 0 aromatic heterocycles. The first kappa shape index (κ1) is 26.2. The first-order valence-electron chi connectivity index (χ1n) is 11.4. The summed E-state index contributed by atoms with van der Waals surface area (Å²) in [6.07, 6.45) is 10.2. The second kappa shape index (κ2) is 14.1. The third kappa shape index (κ3) is 8.75. The number of hydrogen-bond acceptors (Lipinski definition) is 6. The lowest BCUT2D eigenvalue weighted by Crippen LogP contribution is -2.49. The summed E-state index contributed by atoms with van der Waals surface area (Å²) >= 11 is 0. The van der Waals surface area contributed by atoms with E-state index in [4.69, 9.17) is 10.8 Å². The first-order valence-corrected chi connectivity index (χ1v) is 11.4. The van der Waals surface area contributed by atoms with E-state index in [1.54, 1.807) is 0 Å². The summed E-state index contributed by atoms with van der Waals surface area (Å²) in [4.78, 5) is 23.8. The third-order valence-corrected chi connectivity index (χ3v) is 5.68. The zero-order valence-electron chi connectivity index (χ0n) is 19.1. The van der Waals surface area contributed by atoms with Gasteiger partial charge in [0.05, 0.1) is 12.3 Å². The van der Waals surface area contributed by atoms with Gasteiger partial charge in [-0.2, -0.15) is 0 Å². The summed E-state index contributed by atoms with van der Waals surface area (Å²) < 4.78 is 0. The van der Waals surface area contributed by atoms with Gasteiger partial charge in [0.2, 0.25) is 5.91 Å². The number of aliphatic hydroxyl groups is 1. The van der Waals surface area contributed by atoms with Crippen molar-refractivity contribution in [2.45, 2.75) is 57.0 Å². The van der Waals surface area contributed by atoms with Crippen LogP contribution in [0, 0.1) is 0 Å². The molecule has 2 unspecified atom stereocenters. The smallest absolute Gasteiger partial charge is 0.326 e. The lowest BCUT2D eigenvalue weighted by atomic mass is 9.89. The van der Waals surface area contributed by atoms with E-state index in [0.29, 0.717) is 6.54 Å². The van der Waals surface area contributed by atoms with Crippen molar-refractivity contribution in [3.05, 3.63) is 66.1 Å². The summed E-state index contributed by atoms with van der Waals surface area (Å²) in [7, 11) is 0. The molecule has 33 heavy (non-hydrogen) atoms. The molecule has 1 amide bonds. The molecule has 2 atom stereocenters. The minimum absolute atomic E-state index is 0.235. The molecular formula is C25H36N4O4. The molecule has 8 heteroatoms. The molecule has 2 aliphatic rings. The van der Waals surface area contributed by atoms with Crippen LogP contribution < -0.4 is 21.7 Å². The van der Waals surface area contributed by atoms with Gasteiger partial charge in [-0.25, -0.2) is 4.79 Å². The molecular weight excluding hydrogens is 420 g/mol. The number of rotatable bonds is 10. The van der Waals surface area contributed by atoms with Crippen LogP contribution in [0.3, 0.4) is 0 Å². The number of benzene rings is 1. The van der Waals surface area contributed by atoms with Crippen molar-refractivity contribution < 1.29 is 19.8 Å². The van der Waals surface area contributed by atoms with E-state index in [9.17, 15) is 14.7 Å². The van der Waals surface area contributed by atoms with Gasteiger partial charge in [0.15, 0.2) is 0 Å². The van der Waals surface area contributed by atoms with Gasteiger partial charge in [-0.3, -0.25) is 4.79 Å². The molecule has 0 bridgehead atoms. The van der Waals surface area contributed by atoms with E-state index < -0.39 is 12.0 Å². The van der Waals surface area contributed by atoms with E-state index in [1.807, 2.05) is 24.3 Å². The van der Waals surface area contributed by atoms with Crippen LogP contribution in [0.25, 0.3) is 0 Å². The molecule has 180 valence electrons. The van der Waals surface area contributed by atoms with Crippen LogP contribution in [-0.4, -0.2) is 47.3 Å². The lowest BCUT2D eigenvalue weighted by Gasteiger charge is -2.23. The highest BCUT2D eigenvalue weighted by Crippen LogP contribution is 2.30. The van der Waals surface area contributed by atoms with Crippen LogP contribution in [0.1, 0.15) is 44.1 Å². The van der Waals surface area contributed by atoms with Gasteiger partial charge in [0, 0.05) is 17.8 Å². The topological polar surface area (TPSA) is 137 Å². The zero-order valence-corrected chi connectivity index (χ0v) is 19.1. The summed E-state index contributed by atoms with van der Waals surface area (Å²) in [5, 5.41) is 26.5. The molecule has 0 radical (unpaired) electrons. The van der Waals surface area contributed by atoms with Crippen LogP contribution in [0.2, 0.25) is 0 Å². The highest BCUT2D eigenvalue weighted by molar-refractivity contribution is 5.87. The molecule has 3 rings (SSSR count). The Bertz CT molecular complexity index is 836. The Morgan fingerprint density at radius 2 is 1.97 bits per heavy atom. The molecule has 8 nitrogen and oxygen atoms in total. The predicted molar refractivity (Wildman–Crippen MR) is 131 cm³/mol. The number of nitrogens with two attached hydrogens (primary N) is 1. The molecule has 1 saturated carbocycles. The number of carbonyl (C=O) groups is 2. The first-order chi connectivity index (χ1) is 16.0. The number of nitrogens with one attached hydrogen (secondary N) is 3. The predicted octanol–water partition coefficient (Wildman–Crippen LogP) is 2.99. The highest BCUT2D eigenvalue weighted by Gasteiger charge is 2.27. The van der Waals surface area contributed by atoms with Crippen molar-refractivity contribution in [2.24, 2.45) is 5.73 Å². The molecule has 0 spiro atoms. The van der Waals surface area contributed by atoms with Gasteiger partial charge >= 0.3 is 5.97 Å². The van der Waals surface area contributed by atoms with Gasteiger partial charge in [0.1, 0.15) is 6.04 Å². The number of hydrogen-bond donors (Lipinski definition) is 6. The van der Waals surface area contributed by atoms with E-state index >= 15 is 0 Å². The Kier molecular flexibility index (Phi) is 11.2. The molecule has 1 aromatic rings. The number of amides is 1. The number of carboxylic acid groups (broad SMARTS) is 1. The van der Waals surface area contributed by atoms with Crippen molar-refractivity contribution in [1.82, 2.24) is 10.6 Å². The Labute approximate surface area is 195 Å². The lowest BCUT2D eigenvalue weighted by molar-refractivity contribution is -0.142. The largest absolute Gasteiger partial charge is 0.516 e.